The first kappa shape index (κ1) is 10.7. The third-order valence-corrected chi connectivity index (χ3v) is 3.41. The maximum absolute atomic E-state index is 5.64. The van der Waals surface area contributed by atoms with Crippen LogP contribution in [0.1, 0.15) is 30.1 Å². The Morgan fingerprint density at radius 1 is 1.35 bits per heavy atom. The molecule has 0 saturated carbocycles. The van der Waals surface area contributed by atoms with Crippen LogP contribution in [0.25, 0.3) is 11.0 Å². The average molecular weight is 231 g/mol. The van der Waals surface area contributed by atoms with Crippen molar-refractivity contribution in [3.63, 3.8) is 0 Å². The fourth-order valence-corrected chi connectivity index (χ4v) is 2.37. The summed E-state index contributed by atoms with van der Waals surface area (Å²) >= 11 is 0. The Kier molecular flexibility index (Phi) is 2.82. The van der Waals surface area contributed by atoms with Crippen molar-refractivity contribution >= 4 is 11.0 Å². The summed E-state index contributed by atoms with van der Waals surface area (Å²) < 4.78 is 5.37. The van der Waals surface area contributed by atoms with Crippen LogP contribution in [0.5, 0.6) is 0 Å². The van der Waals surface area contributed by atoms with Crippen LogP contribution in [0.15, 0.2) is 18.2 Å². The predicted molar refractivity (Wildman–Crippen MR) is 66.8 cm³/mol. The molecule has 2 aromatic rings. The van der Waals surface area contributed by atoms with Crippen LogP contribution in [0, 0.1) is 0 Å². The molecule has 0 atom stereocenters. The zero-order valence-corrected chi connectivity index (χ0v) is 9.78. The number of hydrogen-bond acceptors (Lipinski definition) is 3. The van der Waals surface area contributed by atoms with Crippen LogP contribution >= 0.6 is 0 Å². The van der Waals surface area contributed by atoms with Gasteiger partial charge in [-0.05, 0) is 30.5 Å². The van der Waals surface area contributed by atoms with Crippen molar-refractivity contribution in [2.24, 2.45) is 5.73 Å². The van der Waals surface area contributed by atoms with Crippen molar-refractivity contribution in [2.75, 3.05) is 13.2 Å². The molecule has 0 bridgehead atoms. The lowest BCUT2D eigenvalue weighted by Gasteiger charge is -2.19. The molecule has 4 heteroatoms. The van der Waals surface area contributed by atoms with Gasteiger partial charge in [0.2, 0.25) is 0 Å². The quantitative estimate of drug-likeness (QED) is 0.830. The van der Waals surface area contributed by atoms with Gasteiger partial charge in [0, 0.05) is 25.7 Å². The van der Waals surface area contributed by atoms with Gasteiger partial charge in [-0.25, -0.2) is 4.98 Å². The first-order chi connectivity index (χ1) is 8.36. The summed E-state index contributed by atoms with van der Waals surface area (Å²) in [6.07, 6.45) is 2.12. The molecule has 1 saturated heterocycles. The minimum atomic E-state index is 0.512. The van der Waals surface area contributed by atoms with Crippen LogP contribution in [-0.4, -0.2) is 23.2 Å². The Hall–Kier alpha value is -1.39. The number of aromatic nitrogens is 2. The lowest BCUT2D eigenvalue weighted by atomic mass is 10.00. The van der Waals surface area contributed by atoms with Gasteiger partial charge in [0.05, 0.1) is 11.0 Å². The monoisotopic (exact) mass is 231 g/mol. The van der Waals surface area contributed by atoms with Gasteiger partial charge in [-0.2, -0.15) is 0 Å². The highest BCUT2D eigenvalue weighted by atomic mass is 16.5. The Morgan fingerprint density at radius 3 is 2.94 bits per heavy atom. The van der Waals surface area contributed by atoms with E-state index in [1.807, 2.05) is 12.1 Å². The van der Waals surface area contributed by atoms with E-state index in [2.05, 4.69) is 16.0 Å². The fourth-order valence-electron chi connectivity index (χ4n) is 2.37. The Bertz CT molecular complexity index is 514. The van der Waals surface area contributed by atoms with E-state index in [9.17, 15) is 0 Å². The molecular weight excluding hydrogens is 214 g/mol. The number of aromatic amines is 1. The van der Waals surface area contributed by atoms with E-state index in [4.69, 9.17) is 10.5 Å². The lowest BCUT2D eigenvalue weighted by Crippen LogP contribution is -2.15. The first-order valence-corrected chi connectivity index (χ1v) is 6.13. The van der Waals surface area contributed by atoms with E-state index in [-0.39, 0.29) is 0 Å². The molecule has 17 heavy (non-hydrogen) atoms. The van der Waals surface area contributed by atoms with Crippen LogP contribution in [-0.2, 0) is 11.3 Å². The minimum Gasteiger partial charge on any atom is -0.381 e. The highest BCUT2D eigenvalue weighted by Gasteiger charge is 2.19. The van der Waals surface area contributed by atoms with E-state index >= 15 is 0 Å². The second-order valence-corrected chi connectivity index (χ2v) is 4.56. The number of benzene rings is 1. The first-order valence-electron chi connectivity index (χ1n) is 6.13. The molecule has 0 unspecified atom stereocenters. The summed E-state index contributed by atoms with van der Waals surface area (Å²) in [6.45, 7) is 2.26. The molecule has 1 fully saturated rings. The molecule has 0 amide bonds. The molecule has 1 aromatic heterocycles. The molecule has 3 rings (SSSR count). The summed E-state index contributed by atoms with van der Waals surface area (Å²) in [6, 6.07) is 6.17. The number of hydrogen-bond donors (Lipinski definition) is 2. The third kappa shape index (κ3) is 2.06. The van der Waals surface area contributed by atoms with Gasteiger partial charge in [-0.15, -0.1) is 0 Å². The second-order valence-electron chi connectivity index (χ2n) is 4.56. The van der Waals surface area contributed by atoms with Gasteiger partial charge in [-0.3, -0.25) is 0 Å². The Morgan fingerprint density at radius 2 is 2.18 bits per heavy atom. The van der Waals surface area contributed by atoms with Gasteiger partial charge in [0.15, 0.2) is 0 Å². The summed E-state index contributed by atoms with van der Waals surface area (Å²) in [5, 5.41) is 0. The number of H-pyrrole nitrogens is 1. The Labute approximate surface area is 100 Å². The molecule has 90 valence electrons. The standard InChI is InChI=1S/C13H17N3O/c14-8-9-1-2-11-12(7-9)16-13(15-11)10-3-5-17-6-4-10/h1-2,7,10H,3-6,8,14H2,(H,15,16). The SMILES string of the molecule is NCc1ccc2nc(C3CCOCC3)[nH]c2c1. The molecule has 0 radical (unpaired) electrons. The fraction of sp³-hybridized carbons (Fsp3) is 0.462. The number of fused-ring (bicyclic) bond motifs is 1. The van der Waals surface area contributed by atoms with Crippen molar-refractivity contribution in [3.8, 4) is 0 Å². The summed E-state index contributed by atoms with van der Waals surface area (Å²) in [4.78, 5) is 8.08. The number of imidazole rings is 1. The maximum Gasteiger partial charge on any atom is 0.110 e. The van der Waals surface area contributed by atoms with E-state index < -0.39 is 0 Å². The molecule has 1 aliphatic heterocycles. The van der Waals surface area contributed by atoms with E-state index in [0.29, 0.717) is 12.5 Å². The van der Waals surface area contributed by atoms with Crippen molar-refractivity contribution < 1.29 is 4.74 Å². The Balaban J connectivity index is 1.95. The molecule has 3 N–H and O–H groups in total. The van der Waals surface area contributed by atoms with Gasteiger partial charge >= 0.3 is 0 Å². The highest BCUT2D eigenvalue weighted by molar-refractivity contribution is 5.76. The van der Waals surface area contributed by atoms with Crippen molar-refractivity contribution in [3.05, 3.63) is 29.6 Å². The van der Waals surface area contributed by atoms with Crippen molar-refractivity contribution in [1.82, 2.24) is 9.97 Å². The molecule has 0 aliphatic carbocycles. The second kappa shape index (κ2) is 4.47. The smallest absolute Gasteiger partial charge is 0.110 e. The van der Waals surface area contributed by atoms with Gasteiger partial charge in [0.1, 0.15) is 5.82 Å². The van der Waals surface area contributed by atoms with Crippen LogP contribution in [0.3, 0.4) is 0 Å². The third-order valence-electron chi connectivity index (χ3n) is 3.41. The van der Waals surface area contributed by atoms with Crippen LogP contribution in [0.4, 0.5) is 0 Å². The van der Waals surface area contributed by atoms with E-state index in [1.54, 1.807) is 0 Å². The van der Waals surface area contributed by atoms with Crippen LogP contribution in [0.2, 0.25) is 0 Å². The average Bonchev–Trinajstić information content (AvgIpc) is 2.82. The van der Waals surface area contributed by atoms with Crippen LogP contribution < -0.4 is 5.73 Å². The molecule has 2 heterocycles. The number of ether oxygens (including phenoxy) is 1. The molecular formula is C13H17N3O. The van der Waals surface area contributed by atoms with Crippen molar-refractivity contribution in [2.45, 2.75) is 25.3 Å². The van der Waals surface area contributed by atoms with Gasteiger partial charge in [0.25, 0.3) is 0 Å². The summed E-state index contributed by atoms with van der Waals surface area (Å²) in [5.41, 5.74) is 8.90. The zero-order chi connectivity index (χ0) is 11.7. The van der Waals surface area contributed by atoms with E-state index in [0.717, 1.165) is 48.5 Å². The number of nitrogens with one attached hydrogen (secondary N) is 1. The minimum absolute atomic E-state index is 0.512. The highest BCUT2D eigenvalue weighted by Crippen LogP contribution is 2.26. The number of rotatable bonds is 2. The molecule has 0 spiro atoms. The topological polar surface area (TPSA) is 63.9 Å². The van der Waals surface area contributed by atoms with Crippen molar-refractivity contribution in [1.29, 1.82) is 0 Å². The number of nitrogens with two attached hydrogens (primary N) is 1. The molecule has 1 aromatic carbocycles. The molecule has 4 nitrogen and oxygen atoms in total. The lowest BCUT2D eigenvalue weighted by molar-refractivity contribution is 0.0838. The predicted octanol–water partition coefficient (Wildman–Crippen LogP) is 1.92. The normalized spacial score (nSPS) is 17.7. The summed E-state index contributed by atoms with van der Waals surface area (Å²) in [7, 11) is 0. The summed E-state index contributed by atoms with van der Waals surface area (Å²) in [5.74, 6) is 1.61. The largest absolute Gasteiger partial charge is 0.381 e. The van der Waals surface area contributed by atoms with Gasteiger partial charge in [-0.1, -0.05) is 6.07 Å². The zero-order valence-electron chi connectivity index (χ0n) is 9.78. The molecule has 1 aliphatic rings. The van der Waals surface area contributed by atoms with E-state index in [1.165, 1.54) is 0 Å². The number of nitrogens with zero attached hydrogens (tertiary/aromatic N) is 1. The maximum atomic E-state index is 5.64. The van der Waals surface area contributed by atoms with Gasteiger partial charge < -0.3 is 15.5 Å².